The number of piperazine rings is 1. The SMILES string of the molecule is [2H]C1([2H])CC[C@@]2(C([2H])([2H])Oc3nc(N4C[C@H]5CC[C@@H](C4)N5)c4ccn(-c5cc(O)cc(Cl)c5C(F)(F)F)c(=O)c4n3)C[C@@H](F)CN12. The summed E-state index contributed by atoms with van der Waals surface area (Å²) in [5.41, 5.74) is -5.23. The average molecular weight is 613 g/mol. The fraction of sp³-hybridized carbons (Fsp3) is 0.536. The molecule has 2 bridgehead atoms. The lowest BCUT2D eigenvalue weighted by atomic mass is 9.95. The highest BCUT2D eigenvalue weighted by atomic mass is 35.5. The highest BCUT2D eigenvalue weighted by Gasteiger charge is 2.49. The summed E-state index contributed by atoms with van der Waals surface area (Å²) in [6.07, 6.45) is -4.07. The highest BCUT2D eigenvalue weighted by molar-refractivity contribution is 6.31. The number of pyridine rings is 1. The van der Waals surface area contributed by atoms with Gasteiger partial charge in [0.1, 0.15) is 29.8 Å². The maximum atomic E-state index is 14.7. The van der Waals surface area contributed by atoms with Crippen LogP contribution in [0.5, 0.6) is 11.8 Å². The molecule has 0 aliphatic carbocycles. The number of phenolic OH excluding ortho intramolecular Hbond substituents is 1. The van der Waals surface area contributed by atoms with E-state index in [1.165, 1.54) is 6.07 Å². The highest BCUT2D eigenvalue weighted by Crippen LogP contribution is 2.42. The molecule has 0 amide bonds. The molecule has 4 saturated heterocycles. The van der Waals surface area contributed by atoms with E-state index >= 15 is 0 Å². The van der Waals surface area contributed by atoms with Crippen LogP contribution in [0.4, 0.5) is 23.4 Å². The van der Waals surface area contributed by atoms with E-state index in [9.17, 15) is 27.5 Å². The van der Waals surface area contributed by atoms with Crippen LogP contribution in [-0.2, 0) is 6.18 Å². The second-order valence-corrected chi connectivity index (χ2v) is 11.7. The van der Waals surface area contributed by atoms with Gasteiger partial charge < -0.3 is 20.1 Å². The molecule has 4 atom stereocenters. The van der Waals surface area contributed by atoms with Crippen LogP contribution in [0, 0.1) is 0 Å². The van der Waals surface area contributed by atoms with Crippen molar-refractivity contribution in [1.29, 1.82) is 0 Å². The van der Waals surface area contributed by atoms with Gasteiger partial charge in [-0.15, -0.1) is 0 Å². The van der Waals surface area contributed by atoms with Crippen LogP contribution in [0.3, 0.4) is 0 Å². The fourth-order valence-corrected chi connectivity index (χ4v) is 6.95. The molecule has 2 aromatic heterocycles. The van der Waals surface area contributed by atoms with Crippen molar-refractivity contribution in [2.45, 2.75) is 62.1 Å². The van der Waals surface area contributed by atoms with Gasteiger partial charge in [0, 0.05) is 53.1 Å². The van der Waals surface area contributed by atoms with Gasteiger partial charge in [0.2, 0.25) is 0 Å². The molecule has 9 nitrogen and oxygen atoms in total. The molecule has 0 spiro atoms. The zero-order chi connectivity index (χ0) is 33.0. The number of phenols is 1. The third-order valence-electron chi connectivity index (χ3n) is 8.46. The number of rotatable bonds is 5. The first kappa shape index (κ1) is 23.3. The molecule has 6 heterocycles. The van der Waals surface area contributed by atoms with Crippen molar-refractivity contribution in [1.82, 2.24) is 24.8 Å². The number of hydrogen-bond acceptors (Lipinski definition) is 8. The van der Waals surface area contributed by atoms with Gasteiger partial charge in [0.25, 0.3) is 5.56 Å². The molecule has 4 aliphatic heterocycles. The lowest BCUT2D eigenvalue weighted by Crippen LogP contribution is -2.51. The number of alkyl halides is 4. The van der Waals surface area contributed by atoms with Gasteiger partial charge in [-0.2, -0.15) is 23.1 Å². The van der Waals surface area contributed by atoms with Crippen molar-refractivity contribution in [2.24, 2.45) is 0 Å². The van der Waals surface area contributed by atoms with Crippen LogP contribution in [0.1, 0.15) is 43.2 Å². The van der Waals surface area contributed by atoms with Gasteiger partial charge in [-0.1, -0.05) is 11.6 Å². The van der Waals surface area contributed by atoms with E-state index in [1.807, 2.05) is 4.90 Å². The second kappa shape index (κ2) is 9.95. The van der Waals surface area contributed by atoms with Gasteiger partial charge in [0.15, 0.2) is 0 Å². The number of halogens is 5. The Balaban J connectivity index is 1.39. The third kappa shape index (κ3) is 4.65. The van der Waals surface area contributed by atoms with Crippen molar-refractivity contribution >= 4 is 28.3 Å². The minimum atomic E-state index is -5.00. The molecular weight excluding hydrogens is 580 g/mol. The van der Waals surface area contributed by atoms with E-state index in [1.54, 1.807) is 0 Å². The quantitative estimate of drug-likeness (QED) is 0.417. The van der Waals surface area contributed by atoms with E-state index < -0.39 is 64.5 Å². The van der Waals surface area contributed by atoms with E-state index in [-0.39, 0.29) is 54.6 Å². The first-order valence-corrected chi connectivity index (χ1v) is 14.0. The molecule has 0 saturated carbocycles. The van der Waals surface area contributed by atoms with Crippen molar-refractivity contribution in [3.63, 3.8) is 0 Å². The lowest BCUT2D eigenvalue weighted by Gasteiger charge is -2.34. The molecule has 0 radical (unpaired) electrons. The predicted octanol–water partition coefficient (Wildman–Crippen LogP) is 4.05. The number of hydrogen-bond donors (Lipinski definition) is 2. The average Bonchev–Trinajstić information content (AvgIpc) is 3.57. The van der Waals surface area contributed by atoms with Crippen molar-refractivity contribution in [3.05, 3.63) is 45.3 Å². The predicted molar refractivity (Wildman–Crippen MR) is 148 cm³/mol. The molecule has 14 heteroatoms. The summed E-state index contributed by atoms with van der Waals surface area (Å²) in [7, 11) is 0. The van der Waals surface area contributed by atoms with Gasteiger partial charge in [-0.05, 0) is 44.3 Å². The fourth-order valence-electron chi connectivity index (χ4n) is 6.63. The Hall–Kier alpha value is -3.16. The summed E-state index contributed by atoms with van der Waals surface area (Å²) in [6, 6.07) is 2.44. The maximum absolute atomic E-state index is 14.7. The zero-order valence-electron chi connectivity index (χ0n) is 26.1. The van der Waals surface area contributed by atoms with Crippen LogP contribution in [0.25, 0.3) is 16.6 Å². The zero-order valence-corrected chi connectivity index (χ0v) is 22.8. The van der Waals surface area contributed by atoms with Crippen molar-refractivity contribution in [3.8, 4) is 17.4 Å². The standard InChI is InChI=1S/C28H29ClF4N6O3/c29-20-8-18(40)9-21(22(20)28(31,32)33)39-7-4-19-23(25(39)41)35-26(36-24(19)37-12-16-2-3-17(13-37)34-16)42-14-27-5-1-6-38(27)11-15(30)10-27/h4,7-9,15-17,34,40H,1-3,5-6,10-14H2/t15-,16-,17+,27+/m1/s1/i6D2,14D2. The number of nitrogens with one attached hydrogen (secondary N) is 1. The number of ether oxygens (including phenoxy) is 1. The van der Waals surface area contributed by atoms with Gasteiger partial charge in [-0.25, -0.2) is 4.39 Å². The number of nitrogens with zero attached hydrogens (tertiary/aromatic N) is 5. The molecule has 3 aromatic rings. The number of benzene rings is 1. The Morgan fingerprint density at radius 1 is 1.24 bits per heavy atom. The molecule has 1 aromatic carbocycles. The van der Waals surface area contributed by atoms with E-state index in [0.717, 1.165) is 30.0 Å². The van der Waals surface area contributed by atoms with E-state index in [0.29, 0.717) is 23.7 Å². The Labute approximate surface area is 248 Å². The Bertz CT molecular complexity index is 1790. The molecule has 224 valence electrons. The van der Waals surface area contributed by atoms with E-state index in [4.69, 9.17) is 21.8 Å². The smallest absolute Gasteiger partial charge is 0.419 e. The van der Waals surface area contributed by atoms with Crippen LogP contribution in [0.15, 0.2) is 29.2 Å². The minimum Gasteiger partial charge on any atom is -0.508 e. The first-order chi connectivity index (χ1) is 21.5. The summed E-state index contributed by atoms with van der Waals surface area (Å²) in [6.45, 7) is -4.11. The maximum Gasteiger partial charge on any atom is 0.419 e. The normalized spacial score (nSPS) is 30.6. The number of fused-ring (bicyclic) bond motifs is 4. The molecule has 2 N–H and O–H groups in total. The topological polar surface area (TPSA) is 95.8 Å². The van der Waals surface area contributed by atoms with Crippen molar-refractivity contribution in [2.75, 3.05) is 37.6 Å². The molecule has 4 fully saturated rings. The van der Waals surface area contributed by atoms with Gasteiger partial charge in [-0.3, -0.25) is 14.3 Å². The number of aromatic hydroxyl groups is 1. The summed E-state index contributed by atoms with van der Waals surface area (Å²) in [5.74, 6) is -0.408. The molecule has 0 unspecified atom stereocenters. The molecular formula is C28H29ClF4N6O3. The minimum absolute atomic E-state index is 0.0553. The second-order valence-electron chi connectivity index (χ2n) is 11.3. The summed E-state index contributed by atoms with van der Waals surface area (Å²) < 4.78 is 98.0. The Kier molecular flexibility index (Phi) is 5.52. The molecule has 4 aliphatic rings. The lowest BCUT2D eigenvalue weighted by molar-refractivity contribution is -0.137. The Morgan fingerprint density at radius 2 is 2.00 bits per heavy atom. The summed E-state index contributed by atoms with van der Waals surface area (Å²) in [5, 5.41) is 12.9. The van der Waals surface area contributed by atoms with Crippen LogP contribution in [-0.4, -0.2) is 81.0 Å². The number of anilines is 1. The van der Waals surface area contributed by atoms with Crippen LogP contribution in [0.2, 0.25) is 5.02 Å². The molecule has 42 heavy (non-hydrogen) atoms. The van der Waals surface area contributed by atoms with Crippen LogP contribution < -0.4 is 20.5 Å². The number of aromatic nitrogens is 3. The third-order valence-corrected chi connectivity index (χ3v) is 8.76. The Morgan fingerprint density at radius 3 is 2.74 bits per heavy atom. The molecule has 7 rings (SSSR count). The van der Waals surface area contributed by atoms with E-state index in [2.05, 4.69) is 15.3 Å². The van der Waals surface area contributed by atoms with Crippen molar-refractivity contribution < 1.29 is 32.9 Å². The van der Waals surface area contributed by atoms with Crippen LogP contribution >= 0.6 is 11.6 Å². The summed E-state index contributed by atoms with van der Waals surface area (Å²) in [4.78, 5) is 25.7. The monoisotopic (exact) mass is 612 g/mol. The van der Waals surface area contributed by atoms with Gasteiger partial charge in [0.05, 0.1) is 29.9 Å². The van der Waals surface area contributed by atoms with Gasteiger partial charge >= 0.3 is 12.2 Å². The summed E-state index contributed by atoms with van der Waals surface area (Å²) >= 11 is 5.88. The first-order valence-electron chi connectivity index (χ1n) is 15.6. The largest absolute Gasteiger partial charge is 0.508 e.